The van der Waals surface area contributed by atoms with Crippen LogP contribution in [0.3, 0.4) is 0 Å². The SMILES string of the molecule is [PH-][C]1[CH][CH][CH][CH]1. The molecule has 0 saturated heterocycles. The lowest BCUT2D eigenvalue weighted by Crippen LogP contribution is -1.71. The minimum atomic E-state index is 1.15. The Morgan fingerprint density at radius 1 is 1.17 bits per heavy atom. The van der Waals surface area contributed by atoms with Crippen LogP contribution in [0.2, 0.25) is 0 Å². The van der Waals surface area contributed by atoms with E-state index in [1.807, 2.05) is 25.7 Å². The fourth-order valence-corrected chi connectivity index (χ4v) is 0.566. The lowest BCUT2D eigenvalue weighted by molar-refractivity contribution is 1.55. The minimum Gasteiger partial charge on any atom is -0.553 e. The van der Waals surface area contributed by atoms with Gasteiger partial charge in [-0.1, -0.05) is 12.8 Å². The zero-order valence-corrected chi connectivity index (χ0v) is 4.31. The van der Waals surface area contributed by atoms with Crippen LogP contribution < -0.4 is 0 Å². The molecule has 0 aliphatic heterocycles. The van der Waals surface area contributed by atoms with E-state index in [9.17, 15) is 0 Å². The van der Waals surface area contributed by atoms with Crippen molar-refractivity contribution in [1.29, 1.82) is 0 Å². The van der Waals surface area contributed by atoms with E-state index in [0.717, 1.165) is 5.66 Å². The maximum atomic E-state index is 3.33. The van der Waals surface area contributed by atoms with E-state index in [2.05, 4.69) is 9.24 Å². The topological polar surface area (TPSA) is 0 Å². The molecule has 31 valence electrons. The van der Waals surface area contributed by atoms with Gasteiger partial charge in [0.15, 0.2) is 0 Å². The van der Waals surface area contributed by atoms with Crippen LogP contribution in [0.15, 0.2) is 0 Å². The molecule has 0 aromatic rings. The molecule has 0 heterocycles. The summed E-state index contributed by atoms with van der Waals surface area (Å²) in [5, 5.41) is 0. The zero-order valence-electron chi connectivity index (χ0n) is 3.31. The highest BCUT2D eigenvalue weighted by Crippen LogP contribution is 2.27. The highest BCUT2D eigenvalue weighted by atomic mass is 31.0. The van der Waals surface area contributed by atoms with Gasteiger partial charge in [0.25, 0.3) is 0 Å². The van der Waals surface area contributed by atoms with Crippen LogP contribution in [0.25, 0.3) is 0 Å². The summed E-state index contributed by atoms with van der Waals surface area (Å²) in [5.41, 5.74) is 1.15. The normalized spacial score (nSPS) is 25.5. The number of rotatable bonds is 0. The van der Waals surface area contributed by atoms with Gasteiger partial charge in [0.2, 0.25) is 0 Å². The van der Waals surface area contributed by atoms with Crippen LogP contribution in [0.5, 0.6) is 0 Å². The summed E-state index contributed by atoms with van der Waals surface area (Å²) < 4.78 is 0. The van der Waals surface area contributed by atoms with Crippen LogP contribution >= 0.6 is 9.24 Å². The molecule has 1 fully saturated rings. The molecule has 1 rings (SSSR count). The molecule has 1 saturated carbocycles. The first-order chi connectivity index (χ1) is 2.89. The van der Waals surface area contributed by atoms with Gasteiger partial charge in [0, 0.05) is 0 Å². The average molecular weight is 96.1 g/mol. The molecule has 0 spiro atoms. The van der Waals surface area contributed by atoms with E-state index in [1.54, 1.807) is 0 Å². The van der Waals surface area contributed by atoms with Gasteiger partial charge in [-0.2, -0.15) is 5.66 Å². The van der Waals surface area contributed by atoms with E-state index in [-0.39, 0.29) is 0 Å². The Hall–Kier alpha value is 0.430. The Balaban J connectivity index is 2.18. The molecule has 6 heavy (non-hydrogen) atoms. The minimum absolute atomic E-state index is 1.15. The Morgan fingerprint density at radius 2 is 1.67 bits per heavy atom. The summed E-state index contributed by atoms with van der Waals surface area (Å²) in [5.74, 6) is 0. The average Bonchev–Trinajstić information content (AvgIpc) is 1.86. The van der Waals surface area contributed by atoms with Gasteiger partial charge in [0.1, 0.15) is 0 Å². The molecule has 0 amide bonds. The lowest BCUT2D eigenvalue weighted by Gasteiger charge is -2.05. The van der Waals surface area contributed by atoms with E-state index < -0.39 is 0 Å². The second kappa shape index (κ2) is 1.93. The molecule has 0 nitrogen and oxygen atoms in total. The molecule has 0 bridgehead atoms. The maximum absolute atomic E-state index is 3.33. The molecule has 5 radical (unpaired) electrons. The highest BCUT2D eigenvalue weighted by molar-refractivity contribution is 7.21. The molecule has 0 atom stereocenters. The van der Waals surface area contributed by atoms with Crippen LogP contribution in [0.4, 0.5) is 0 Å². The first-order valence-corrected chi connectivity index (χ1v) is 2.33. The summed E-state index contributed by atoms with van der Waals surface area (Å²) in [6.07, 6.45) is 7.97. The molecule has 0 unspecified atom stereocenters. The Kier molecular flexibility index (Phi) is 1.48. The van der Waals surface area contributed by atoms with Crippen molar-refractivity contribution in [3.8, 4) is 0 Å². The third-order valence-electron chi connectivity index (χ3n) is 0.663. The zero-order chi connectivity index (χ0) is 4.41. The quantitative estimate of drug-likeness (QED) is 0.401. The van der Waals surface area contributed by atoms with Crippen molar-refractivity contribution in [1.82, 2.24) is 0 Å². The predicted octanol–water partition coefficient (Wildman–Crippen LogP) is 1.49. The third-order valence-corrected chi connectivity index (χ3v) is 0.996. The summed E-state index contributed by atoms with van der Waals surface area (Å²) >= 11 is 0. The largest absolute Gasteiger partial charge is 0.553 e. The van der Waals surface area contributed by atoms with Gasteiger partial charge in [-0.15, -0.1) is 0 Å². The lowest BCUT2D eigenvalue weighted by atomic mass is 10.4. The Labute approximate surface area is 41.5 Å². The second-order valence-electron chi connectivity index (χ2n) is 1.17. The second-order valence-corrected chi connectivity index (χ2v) is 1.75. The summed E-state index contributed by atoms with van der Waals surface area (Å²) in [4.78, 5) is 0. The molecule has 1 aliphatic rings. The number of hydrogen-bond donors (Lipinski definition) is 0. The third kappa shape index (κ3) is 0.944. The van der Waals surface area contributed by atoms with Crippen LogP contribution in [-0.2, 0) is 0 Å². The van der Waals surface area contributed by atoms with Gasteiger partial charge in [-0.05, 0) is 12.8 Å². The monoisotopic (exact) mass is 96.0 g/mol. The fourth-order valence-electron chi connectivity index (χ4n) is 0.374. The first kappa shape index (κ1) is 4.59. The molecule has 1 aliphatic carbocycles. The van der Waals surface area contributed by atoms with Crippen molar-refractivity contribution in [3.05, 3.63) is 31.3 Å². The Morgan fingerprint density at radius 3 is 1.83 bits per heavy atom. The van der Waals surface area contributed by atoms with Gasteiger partial charge >= 0.3 is 0 Å². The first-order valence-electron chi connectivity index (χ1n) is 1.83. The van der Waals surface area contributed by atoms with Gasteiger partial charge in [-0.3, -0.25) is 0 Å². The molecule has 1 heteroatoms. The molecule has 0 aromatic heterocycles. The summed E-state index contributed by atoms with van der Waals surface area (Å²) in [6, 6.07) is 0. The standard InChI is InChI=1S/C5H5P/c6-5-3-1-2-4-5/h1-4,6H/q-1. The molecule has 0 aromatic carbocycles. The maximum Gasteiger partial charge on any atom is -0.0336 e. The summed E-state index contributed by atoms with van der Waals surface area (Å²) in [7, 11) is 3.33. The van der Waals surface area contributed by atoms with Crippen LogP contribution in [-0.4, -0.2) is 0 Å². The molecular formula is C5H5P-. The van der Waals surface area contributed by atoms with Crippen LogP contribution in [0, 0.1) is 31.3 Å². The highest BCUT2D eigenvalue weighted by Gasteiger charge is 2.01. The van der Waals surface area contributed by atoms with Gasteiger partial charge in [-0.25, -0.2) is 0 Å². The van der Waals surface area contributed by atoms with Crippen molar-refractivity contribution in [2.45, 2.75) is 0 Å². The Bertz CT molecular complexity index is 37.2. The van der Waals surface area contributed by atoms with E-state index in [1.165, 1.54) is 0 Å². The van der Waals surface area contributed by atoms with Gasteiger partial charge in [0.05, 0.1) is 0 Å². The predicted molar refractivity (Wildman–Crippen MR) is 28.8 cm³/mol. The number of hydrogen-bond acceptors (Lipinski definition) is 0. The van der Waals surface area contributed by atoms with Crippen molar-refractivity contribution in [2.75, 3.05) is 0 Å². The summed E-state index contributed by atoms with van der Waals surface area (Å²) in [6.45, 7) is 0. The van der Waals surface area contributed by atoms with Crippen molar-refractivity contribution < 1.29 is 0 Å². The van der Waals surface area contributed by atoms with Crippen molar-refractivity contribution in [3.63, 3.8) is 0 Å². The van der Waals surface area contributed by atoms with E-state index in [4.69, 9.17) is 0 Å². The van der Waals surface area contributed by atoms with E-state index in [0.29, 0.717) is 0 Å². The van der Waals surface area contributed by atoms with Crippen molar-refractivity contribution in [2.24, 2.45) is 0 Å². The van der Waals surface area contributed by atoms with Gasteiger partial charge < -0.3 is 9.24 Å². The molecule has 0 N–H and O–H groups in total. The van der Waals surface area contributed by atoms with Crippen LogP contribution in [0.1, 0.15) is 0 Å². The van der Waals surface area contributed by atoms with Crippen molar-refractivity contribution >= 4 is 9.24 Å². The molecular weight excluding hydrogens is 91.0 g/mol. The van der Waals surface area contributed by atoms with E-state index >= 15 is 0 Å². The smallest absolute Gasteiger partial charge is 0.0336 e. The fraction of sp³-hybridized carbons (Fsp3) is 0.